The third-order valence-corrected chi connectivity index (χ3v) is 3.72. The Morgan fingerprint density at radius 3 is 2.86 bits per heavy atom. The summed E-state index contributed by atoms with van der Waals surface area (Å²) in [6.45, 7) is 2.07. The van der Waals surface area contributed by atoms with Crippen LogP contribution in [0.25, 0.3) is 22.4 Å². The fourth-order valence-corrected chi connectivity index (χ4v) is 2.68. The summed E-state index contributed by atoms with van der Waals surface area (Å²) in [5.74, 6) is 0.563. The number of benzene rings is 1. The van der Waals surface area contributed by atoms with Crippen LogP contribution >= 0.6 is 11.6 Å². The average Bonchev–Trinajstić information content (AvgIpc) is 2.96. The smallest absolute Gasteiger partial charge is 0.127 e. The van der Waals surface area contributed by atoms with Gasteiger partial charge in [-0.3, -0.25) is 5.10 Å². The Bertz CT molecular complexity index is 779. The lowest BCUT2D eigenvalue weighted by atomic mass is 9.97. The summed E-state index contributed by atoms with van der Waals surface area (Å²) in [5, 5.41) is 7.92. The van der Waals surface area contributed by atoms with Crippen LogP contribution in [0.1, 0.15) is 12.5 Å². The molecule has 0 saturated carbocycles. The number of aromatic amines is 1. The number of H-pyrrole nitrogens is 1. The molecule has 0 atom stereocenters. The van der Waals surface area contributed by atoms with Crippen LogP contribution in [-0.2, 0) is 6.42 Å². The van der Waals surface area contributed by atoms with E-state index < -0.39 is 0 Å². The highest BCUT2D eigenvalue weighted by molar-refractivity contribution is 6.30. The zero-order valence-electron chi connectivity index (χ0n) is 11.6. The normalized spacial score (nSPS) is 10.8. The summed E-state index contributed by atoms with van der Waals surface area (Å²) >= 11 is 6.08. The number of nitrogens with zero attached hydrogens (tertiary/aromatic N) is 2. The molecule has 0 saturated heterocycles. The third-order valence-electron chi connectivity index (χ3n) is 3.49. The van der Waals surface area contributed by atoms with E-state index in [0.717, 1.165) is 34.4 Å². The molecule has 0 unspecified atom stereocenters. The van der Waals surface area contributed by atoms with Gasteiger partial charge in [-0.05, 0) is 30.2 Å². The maximum Gasteiger partial charge on any atom is 0.127 e. The molecule has 4 nitrogen and oxygen atoms in total. The lowest BCUT2D eigenvalue weighted by Gasteiger charge is -2.10. The average molecular weight is 299 g/mol. The van der Waals surface area contributed by atoms with Crippen molar-refractivity contribution < 1.29 is 0 Å². The second kappa shape index (κ2) is 5.58. The Morgan fingerprint density at radius 1 is 1.24 bits per heavy atom. The van der Waals surface area contributed by atoms with Gasteiger partial charge in [-0.1, -0.05) is 30.7 Å². The number of anilines is 1. The van der Waals surface area contributed by atoms with E-state index in [-0.39, 0.29) is 0 Å². The minimum absolute atomic E-state index is 0.563. The Kier molecular flexibility index (Phi) is 3.62. The summed E-state index contributed by atoms with van der Waals surface area (Å²) in [4.78, 5) is 4.16. The predicted octanol–water partition coefficient (Wildman–Crippen LogP) is 3.94. The molecule has 0 spiro atoms. The first-order valence-electron chi connectivity index (χ1n) is 6.73. The number of nitrogens with one attached hydrogen (secondary N) is 1. The quantitative estimate of drug-likeness (QED) is 0.769. The van der Waals surface area contributed by atoms with Gasteiger partial charge in [-0.15, -0.1) is 0 Å². The largest absolute Gasteiger partial charge is 0.383 e. The molecule has 0 bridgehead atoms. The van der Waals surface area contributed by atoms with Gasteiger partial charge < -0.3 is 5.73 Å². The molecule has 0 amide bonds. The lowest BCUT2D eigenvalue weighted by Crippen LogP contribution is -1.99. The van der Waals surface area contributed by atoms with E-state index in [9.17, 15) is 0 Å². The minimum Gasteiger partial charge on any atom is -0.383 e. The molecule has 5 heteroatoms. The maximum atomic E-state index is 6.08. The van der Waals surface area contributed by atoms with Crippen molar-refractivity contribution in [2.45, 2.75) is 13.3 Å². The Morgan fingerprint density at radius 2 is 2.10 bits per heavy atom. The molecule has 21 heavy (non-hydrogen) atoms. The summed E-state index contributed by atoms with van der Waals surface area (Å²) in [6, 6.07) is 9.65. The number of hydrogen-bond donors (Lipinski definition) is 2. The molecule has 2 aromatic heterocycles. The fraction of sp³-hybridized carbons (Fsp3) is 0.125. The van der Waals surface area contributed by atoms with E-state index in [1.165, 1.54) is 0 Å². The molecule has 3 N–H and O–H groups in total. The molecule has 106 valence electrons. The Hall–Kier alpha value is -2.33. The van der Waals surface area contributed by atoms with Crippen molar-refractivity contribution in [2.24, 2.45) is 0 Å². The first kappa shape index (κ1) is 13.6. The highest BCUT2D eigenvalue weighted by Crippen LogP contribution is 2.34. The minimum atomic E-state index is 0.563. The summed E-state index contributed by atoms with van der Waals surface area (Å²) in [7, 11) is 0. The Labute approximate surface area is 128 Å². The standard InChI is InChI=1S/C16H15ClN4/c1-2-12-13(6-7-19-16(12)18)14-9-20-21-15(14)10-4-3-5-11(17)8-10/h3-9H,2H2,1H3,(H2,18,19)(H,20,21). The van der Waals surface area contributed by atoms with Gasteiger partial charge in [-0.25, -0.2) is 4.98 Å². The molecule has 1 aromatic carbocycles. The Balaban J connectivity index is 2.18. The molecule has 0 aliphatic rings. The van der Waals surface area contributed by atoms with E-state index in [0.29, 0.717) is 10.8 Å². The summed E-state index contributed by atoms with van der Waals surface area (Å²) in [6.07, 6.45) is 4.35. The highest BCUT2D eigenvalue weighted by atomic mass is 35.5. The van der Waals surface area contributed by atoms with Crippen LogP contribution in [-0.4, -0.2) is 15.2 Å². The second-order valence-electron chi connectivity index (χ2n) is 4.74. The van der Waals surface area contributed by atoms with Gasteiger partial charge in [0.05, 0.1) is 11.9 Å². The monoisotopic (exact) mass is 298 g/mol. The number of pyridine rings is 1. The van der Waals surface area contributed by atoms with Crippen LogP contribution in [0.4, 0.5) is 5.82 Å². The second-order valence-corrected chi connectivity index (χ2v) is 5.18. The van der Waals surface area contributed by atoms with Crippen molar-refractivity contribution in [1.29, 1.82) is 0 Å². The van der Waals surface area contributed by atoms with Crippen LogP contribution in [0.5, 0.6) is 0 Å². The molecule has 0 radical (unpaired) electrons. The van der Waals surface area contributed by atoms with Gasteiger partial charge in [0.25, 0.3) is 0 Å². The van der Waals surface area contributed by atoms with Gasteiger partial charge in [0.15, 0.2) is 0 Å². The van der Waals surface area contributed by atoms with Crippen molar-refractivity contribution in [3.05, 3.63) is 53.3 Å². The summed E-state index contributed by atoms with van der Waals surface area (Å²) < 4.78 is 0. The number of nitrogen functional groups attached to an aromatic ring is 1. The van der Waals surface area contributed by atoms with Crippen LogP contribution in [0.3, 0.4) is 0 Å². The third kappa shape index (κ3) is 2.50. The predicted molar refractivity (Wildman–Crippen MR) is 86.1 cm³/mol. The zero-order chi connectivity index (χ0) is 14.8. The van der Waals surface area contributed by atoms with E-state index >= 15 is 0 Å². The number of rotatable bonds is 3. The van der Waals surface area contributed by atoms with Gasteiger partial charge in [-0.2, -0.15) is 5.10 Å². The van der Waals surface area contributed by atoms with Crippen molar-refractivity contribution >= 4 is 17.4 Å². The van der Waals surface area contributed by atoms with Gasteiger partial charge in [0.2, 0.25) is 0 Å². The van der Waals surface area contributed by atoms with Gasteiger partial charge in [0, 0.05) is 27.9 Å². The zero-order valence-corrected chi connectivity index (χ0v) is 12.4. The van der Waals surface area contributed by atoms with Crippen molar-refractivity contribution in [1.82, 2.24) is 15.2 Å². The van der Waals surface area contributed by atoms with Crippen LogP contribution in [0, 0.1) is 0 Å². The molecule has 3 rings (SSSR count). The number of hydrogen-bond acceptors (Lipinski definition) is 3. The molecule has 3 aromatic rings. The van der Waals surface area contributed by atoms with Crippen LogP contribution in [0.15, 0.2) is 42.7 Å². The molecule has 2 heterocycles. The van der Waals surface area contributed by atoms with Crippen molar-refractivity contribution in [3.8, 4) is 22.4 Å². The number of halogens is 1. The van der Waals surface area contributed by atoms with E-state index in [2.05, 4.69) is 22.1 Å². The SMILES string of the molecule is CCc1c(-c2cn[nH]c2-c2cccc(Cl)c2)ccnc1N. The lowest BCUT2D eigenvalue weighted by molar-refractivity contribution is 1.10. The van der Waals surface area contributed by atoms with E-state index in [4.69, 9.17) is 17.3 Å². The topological polar surface area (TPSA) is 67.6 Å². The number of nitrogens with two attached hydrogens (primary N) is 1. The molecule has 0 fully saturated rings. The van der Waals surface area contributed by atoms with Crippen molar-refractivity contribution in [2.75, 3.05) is 5.73 Å². The first-order valence-corrected chi connectivity index (χ1v) is 7.11. The van der Waals surface area contributed by atoms with Crippen LogP contribution in [0.2, 0.25) is 5.02 Å². The van der Waals surface area contributed by atoms with E-state index in [1.807, 2.05) is 36.5 Å². The van der Waals surface area contributed by atoms with Crippen molar-refractivity contribution in [3.63, 3.8) is 0 Å². The number of aromatic nitrogens is 3. The van der Waals surface area contributed by atoms with Crippen LogP contribution < -0.4 is 5.73 Å². The molecule has 0 aliphatic heterocycles. The fourth-order valence-electron chi connectivity index (χ4n) is 2.49. The first-order chi connectivity index (χ1) is 10.2. The van der Waals surface area contributed by atoms with Gasteiger partial charge in [0.1, 0.15) is 5.82 Å². The van der Waals surface area contributed by atoms with Gasteiger partial charge >= 0.3 is 0 Å². The summed E-state index contributed by atoms with van der Waals surface area (Å²) in [5.41, 5.74) is 11.0. The highest BCUT2D eigenvalue weighted by Gasteiger charge is 2.14. The molecular formula is C16H15ClN4. The van der Waals surface area contributed by atoms with E-state index in [1.54, 1.807) is 6.20 Å². The molecular weight excluding hydrogens is 284 g/mol. The molecule has 0 aliphatic carbocycles. The maximum absolute atomic E-state index is 6.08.